The van der Waals surface area contributed by atoms with E-state index in [1.165, 1.54) is 47.9 Å². The lowest BCUT2D eigenvalue weighted by Crippen LogP contribution is -2.15. The van der Waals surface area contributed by atoms with Crippen molar-refractivity contribution in [3.63, 3.8) is 0 Å². The van der Waals surface area contributed by atoms with Crippen LogP contribution in [-0.2, 0) is 6.54 Å². The smallest absolute Gasteiger partial charge is 0.0208 e. The van der Waals surface area contributed by atoms with Crippen molar-refractivity contribution in [2.24, 2.45) is 0 Å². The minimum atomic E-state index is 1.01. The highest BCUT2D eigenvalue weighted by molar-refractivity contribution is 5.36. The molecule has 0 spiro atoms. The van der Waals surface area contributed by atoms with Gasteiger partial charge in [-0.3, -0.25) is 0 Å². The quantitative estimate of drug-likeness (QED) is 0.693. The molecule has 0 amide bonds. The number of hydrogen-bond donors (Lipinski definition) is 1. The van der Waals surface area contributed by atoms with Crippen molar-refractivity contribution in [1.29, 1.82) is 0 Å². The fourth-order valence-corrected chi connectivity index (χ4v) is 2.11. The van der Waals surface area contributed by atoms with E-state index in [0.29, 0.717) is 0 Å². The molecule has 0 aliphatic heterocycles. The van der Waals surface area contributed by atoms with Crippen LogP contribution in [0.4, 0.5) is 0 Å². The Morgan fingerprint density at radius 3 is 2.29 bits per heavy atom. The molecule has 0 aliphatic rings. The van der Waals surface area contributed by atoms with Crippen LogP contribution in [0.2, 0.25) is 0 Å². The van der Waals surface area contributed by atoms with E-state index in [4.69, 9.17) is 0 Å². The predicted octanol–water partition coefficient (Wildman–Crippen LogP) is 4.28. The molecule has 1 aromatic carbocycles. The summed E-state index contributed by atoms with van der Waals surface area (Å²) in [6.45, 7) is 11.0. The molecule has 0 aromatic heterocycles. The average molecular weight is 233 g/mol. The largest absolute Gasteiger partial charge is 0.313 e. The summed E-state index contributed by atoms with van der Waals surface area (Å²) in [5.41, 5.74) is 5.66. The number of benzene rings is 1. The first-order valence-electron chi connectivity index (χ1n) is 6.92. The van der Waals surface area contributed by atoms with Gasteiger partial charge in [0.15, 0.2) is 0 Å². The van der Waals surface area contributed by atoms with Gasteiger partial charge < -0.3 is 5.32 Å². The van der Waals surface area contributed by atoms with Gasteiger partial charge in [-0.25, -0.2) is 0 Å². The van der Waals surface area contributed by atoms with Crippen molar-refractivity contribution in [2.45, 2.75) is 59.9 Å². The third-order valence-corrected chi connectivity index (χ3v) is 3.47. The van der Waals surface area contributed by atoms with Gasteiger partial charge in [-0.2, -0.15) is 0 Å². The van der Waals surface area contributed by atoms with Crippen molar-refractivity contribution in [3.05, 3.63) is 34.4 Å². The van der Waals surface area contributed by atoms with E-state index in [1.807, 2.05) is 0 Å². The number of rotatable bonds is 7. The second kappa shape index (κ2) is 7.50. The maximum Gasteiger partial charge on any atom is 0.0208 e. The van der Waals surface area contributed by atoms with Crippen LogP contribution >= 0.6 is 0 Å². The lowest BCUT2D eigenvalue weighted by atomic mass is 10.0. The molecule has 0 fully saturated rings. The maximum atomic E-state index is 3.55. The standard InChI is InChI=1S/C16H27N/c1-5-6-7-8-9-17-12-16-11-14(3)13(2)10-15(16)4/h10-11,17H,5-9,12H2,1-4H3. The SMILES string of the molecule is CCCCCCNCc1cc(C)c(C)cc1C. The Morgan fingerprint density at radius 1 is 0.882 bits per heavy atom. The predicted molar refractivity (Wildman–Crippen MR) is 76.5 cm³/mol. The van der Waals surface area contributed by atoms with Gasteiger partial charge in [0.25, 0.3) is 0 Å². The van der Waals surface area contributed by atoms with Crippen molar-refractivity contribution in [2.75, 3.05) is 6.54 Å². The Bertz CT molecular complexity index is 342. The first-order valence-corrected chi connectivity index (χ1v) is 6.92. The Kier molecular flexibility index (Phi) is 6.28. The third-order valence-electron chi connectivity index (χ3n) is 3.47. The van der Waals surface area contributed by atoms with E-state index >= 15 is 0 Å². The van der Waals surface area contributed by atoms with E-state index in [9.17, 15) is 0 Å². The molecule has 1 heteroatoms. The number of nitrogens with one attached hydrogen (secondary N) is 1. The van der Waals surface area contributed by atoms with Gasteiger partial charge in [-0.1, -0.05) is 38.3 Å². The summed E-state index contributed by atoms with van der Waals surface area (Å²) in [5, 5.41) is 3.55. The molecular formula is C16H27N. The molecule has 1 nitrogen and oxygen atoms in total. The van der Waals surface area contributed by atoms with Crippen LogP contribution < -0.4 is 5.32 Å². The molecule has 1 aromatic rings. The molecule has 1 rings (SSSR count). The highest BCUT2D eigenvalue weighted by atomic mass is 14.8. The van der Waals surface area contributed by atoms with Crippen LogP contribution in [0, 0.1) is 20.8 Å². The van der Waals surface area contributed by atoms with Crippen molar-refractivity contribution in [3.8, 4) is 0 Å². The second-order valence-electron chi connectivity index (χ2n) is 5.10. The van der Waals surface area contributed by atoms with Gasteiger partial charge >= 0.3 is 0 Å². The van der Waals surface area contributed by atoms with Gasteiger partial charge in [0, 0.05) is 6.54 Å². The van der Waals surface area contributed by atoms with Crippen LogP contribution in [0.25, 0.3) is 0 Å². The highest BCUT2D eigenvalue weighted by Gasteiger charge is 2.01. The zero-order valence-corrected chi connectivity index (χ0v) is 11.9. The van der Waals surface area contributed by atoms with Crippen molar-refractivity contribution >= 4 is 0 Å². The van der Waals surface area contributed by atoms with Gasteiger partial charge in [0.1, 0.15) is 0 Å². The molecule has 0 bridgehead atoms. The number of aryl methyl sites for hydroxylation is 3. The molecular weight excluding hydrogens is 206 g/mol. The first-order chi connectivity index (χ1) is 8.15. The van der Waals surface area contributed by atoms with Gasteiger partial charge in [-0.15, -0.1) is 0 Å². The molecule has 0 aliphatic carbocycles. The summed E-state index contributed by atoms with van der Waals surface area (Å²) in [6.07, 6.45) is 5.34. The second-order valence-corrected chi connectivity index (χ2v) is 5.10. The van der Waals surface area contributed by atoms with E-state index in [0.717, 1.165) is 13.1 Å². The van der Waals surface area contributed by atoms with E-state index in [-0.39, 0.29) is 0 Å². The topological polar surface area (TPSA) is 12.0 Å². The lowest BCUT2D eigenvalue weighted by molar-refractivity contribution is 0.597. The Morgan fingerprint density at radius 2 is 1.59 bits per heavy atom. The average Bonchev–Trinajstić information content (AvgIpc) is 2.30. The fraction of sp³-hybridized carbons (Fsp3) is 0.625. The van der Waals surface area contributed by atoms with Gasteiger partial charge in [-0.05, 0) is 56.0 Å². The molecule has 0 saturated carbocycles. The van der Waals surface area contributed by atoms with Crippen LogP contribution in [0.3, 0.4) is 0 Å². The minimum Gasteiger partial charge on any atom is -0.313 e. The molecule has 0 unspecified atom stereocenters. The summed E-state index contributed by atoms with van der Waals surface area (Å²) in [6, 6.07) is 4.62. The molecule has 0 heterocycles. The zero-order valence-electron chi connectivity index (χ0n) is 11.9. The summed E-state index contributed by atoms with van der Waals surface area (Å²) in [4.78, 5) is 0. The van der Waals surface area contributed by atoms with Crippen LogP contribution in [0.1, 0.15) is 54.9 Å². The first kappa shape index (κ1) is 14.2. The zero-order chi connectivity index (χ0) is 12.7. The number of unbranched alkanes of at least 4 members (excludes halogenated alkanes) is 3. The van der Waals surface area contributed by atoms with Gasteiger partial charge in [0.2, 0.25) is 0 Å². The lowest BCUT2D eigenvalue weighted by Gasteiger charge is -2.11. The summed E-state index contributed by atoms with van der Waals surface area (Å²) >= 11 is 0. The number of hydrogen-bond acceptors (Lipinski definition) is 1. The van der Waals surface area contributed by atoms with Crippen LogP contribution in [0.15, 0.2) is 12.1 Å². The normalized spacial score (nSPS) is 10.8. The minimum absolute atomic E-state index is 1.01. The molecule has 0 radical (unpaired) electrons. The molecule has 0 atom stereocenters. The highest BCUT2D eigenvalue weighted by Crippen LogP contribution is 2.15. The van der Waals surface area contributed by atoms with Crippen LogP contribution in [-0.4, -0.2) is 6.54 Å². The molecule has 96 valence electrons. The van der Waals surface area contributed by atoms with Crippen LogP contribution in [0.5, 0.6) is 0 Å². The Labute approximate surface area is 107 Å². The fourth-order valence-electron chi connectivity index (χ4n) is 2.11. The molecule has 1 N–H and O–H groups in total. The van der Waals surface area contributed by atoms with Crippen molar-refractivity contribution < 1.29 is 0 Å². The molecule has 0 saturated heterocycles. The third kappa shape index (κ3) is 4.91. The van der Waals surface area contributed by atoms with Crippen molar-refractivity contribution in [1.82, 2.24) is 5.32 Å². The van der Waals surface area contributed by atoms with E-state index in [2.05, 4.69) is 45.1 Å². The molecule has 17 heavy (non-hydrogen) atoms. The summed E-state index contributed by atoms with van der Waals surface area (Å²) in [7, 11) is 0. The maximum absolute atomic E-state index is 3.55. The monoisotopic (exact) mass is 233 g/mol. The van der Waals surface area contributed by atoms with Gasteiger partial charge in [0.05, 0.1) is 0 Å². The summed E-state index contributed by atoms with van der Waals surface area (Å²) < 4.78 is 0. The van der Waals surface area contributed by atoms with E-state index in [1.54, 1.807) is 0 Å². The Hall–Kier alpha value is -0.820. The Balaban J connectivity index is 2.34. The van der Waals surface area contributed by atoms with E-state index < -0.39 is 0 Å². The summed E-state index contributed by atoms with van der Waals surface area (Å²) in [5.74, 6) is 0.